The summed E-state index contributed by atoms with van der Waals surface area (Å²) in [6.07, 6.45) is 5.31. The SMILES string of the molecule is CCCN1CCC(Nc2ncns2)CC1. The molecule has 1 fully saturated rings. The molecular weight excluding hydrogens is 208 g/mol. The van der Waals surface area contributed by atoms with Gasteiger partial charge in [-0.05, 0) is 25.8 Å². The topological polar surface area (TPSA) is 41.0 Å². The number of nitrogens with one attached hydrogen (secondary N) is 1. The van der Waals surface area contributed by atoms with Gasteiger partial charge in [-0.3, -0.25) is 0 Å². The molecule has 2 rings (SSSR count). The summed E-state index contributed by atoms with van der Waals surface area (Å²) in [6, 6.07) is 0.589. The summed E-state index contributed by atoms with van der Waals surface area (Å²) in [7, 11) is 0. The lowest BCUT2D eigenvalue weighted by molar-refractivity contribution is 0.219. The van der Waals surface area contributed by atoms with Crippen molar-refractivity contribution < 1.29 is 0 Å². The molecule has 15 heavy (non-hydrogen) atoms. The van der Waals surface area contributed by atoms with E-state index in [9.17, 15) is 0 Å². The highest BCUT2D eigenvalue weighted by atomic mass is 32.1. The van der Waals surface area contributed by atoms with Gasteiger partial charge in [-0.1, -0.05) is 6.92 Å². The van der Waals surface area contributed by atoms with Crippen molar-refractivity contribution in [1.82, 2.24) is 14.3 Å². The van der Waals surface area contributed by atoms with Gasteiger partial charge in [0.05, 0.1) is 0 Å². The van der Waals surface area contributed by atoms with E-state index in [1.54, 1.807) is 6.33 Å². The highest BCUT2D eigenvalue weighted by molar-refractivity contribution is 7.09. The number of rotatable bonds is 4. The molecule has 1 aliphatic rings. The van der Waals surface area contributed by atoms with Crippen LogP contribution in [0.25, 0.3) is 0 Å². The first-order chi connectivity index (χ1) is 7.38. The van der Waals surface area contributed by atoms with E-state index >= 15 is 0 Å². The molecule has 1 N–H and O–H groups in total. The molecule has 4 nitrogen and oxygen atoms in total. The predicted octanol–water partition coefficient (Wildman–Crippen LogP) is 1.82. The summed E-state index contributed by atoms with van der Waals surface area (Å²) in [5.74, 6) is 0. The predicted molar refractivity (Wildman–Crippen MR) is 63.3 cm³/mol. The summed E-state index contributed by atoms with van der Waals surface area (Å²) in [6.45, 7) is 5.91. The molecule has 1 aromatic rings. The Balaban J connectivity index is 1.74. The maximum absolute atomic E-state index is 4.15. The van der Waals surface area contributed by atoms with Gasteiger partial charge in [0.1, 0.15) is 6.33 Å². The molecule has 0 atom stereocenters. The molecule has 5 heteroatoms. The number of aromatic nitrogens is 2. The van der Waals surface area contributed by atoms with Crippen LogP contribution < -0.4 is 5.32 Å². The molecule has 0 bridgehead atoms. The van der Waals surface area contributed by atoms with Crippen molar-refractivity contribution in [2.45, 2.75) is 32.2 Å². The highest BCUT2D eigenvalue weighted by Crippen LogP contribution is 2.16. The van der Waals surface area contributed by atoms with Gasteiger partial charge in [0.2, 0.25) is 5.13 Å². The minimum absolute atomic E-state index is 0.589. The minimum atomic E-state index is 0.589. The molecule has 84 valence electrons. The van der Waals surface area contributed by atoms with Gasteiger partial charge < -0.3 is 10.2 Å². The Morgan fingerprint density at radius 2 is 2.33 bits per heavy atom. The van der Waals surface area contributed by atoms with Gasteiger partial charge in [-0.25, -0.2) is 4.98 Å². The van der Waals surface area contributed by atoms with Crippen molar-refractivity contribution in [3.05, 3.63) is 6.33 Å². The third-order valence-electron chi connectivity index (χ3n) is 2.82. The van der Waals surface area contributed by atoms with Crippen LogP contribution >= 0.6 is 11.5 Å². The maximum Gasteiger partial charge on any atom is 0.202 e. The maximum atomic E-state index is 4.15. The van der Waals surface area contributed by atoms with Gasteiger partial charge in [-0.15, -0.1) is 0 Å². The molecule has 0 aliphatic carbocycles. The average Bonchev–Trinajstić information content (AvgIpc) is 2.74. The molecule has 0 radical (unpaired) electrons. The Morgan fingerprint density at radius 3 is 2.93 bits per heavy atom. The first-order valence-corrected chi connectivity index (χ1v) is 6.41. The smallest absolute Gasteiger partial charge is 0.202 e. The molecule has 1 saturated heterocycles. The van der Waals surface area contributed by atoms with Crippen molar-refractivity contribution >= 4 is 16.7 Å². The fourth-order valence-electron chi connectivity index (χ4n) is 2.03. The standard InChI is InChI=1S/C10H18N4S/c1-2-5-14-6-3-9(4-7-14)13-10-11-8-12-15-10/h8-9H,2-7H2,1H3,(H,11,12,13). The van der Waals surface area contributed by atoms with E-state index in [2.05, 4.69) is 26.5 Å². The zero-order valence-corrected chi connectivity index (χ0v) is 9.96. The van der Waals surface area contributed by atoms with E-state index in [1.807, 2.05) is 0 Å². The van der Waals surface area contributed by atoms with Crippen LogP contribution in [-0.4, -0.2) is 39.9 Å². The largest absolute Gasteiger partial charge is 0.357 e. The number of anilines is 1. The normalized spacial score (nSPS) is 19.3. The zero-order valence-electron chi connectivity index (χ0n) is 9.15. The van der Waals surface area contributed by atoms with E-state index in [1.165, 1.54) is 50.4 Å². The fourth-order valence-corrected chi connectivity index (χ4v) is 2.54. The van der Waals surface area contributed by atoms with Crippen molar-refractivity contribution in [1.29, 1.82) is 0 Å². The number of piperidine rings is 1. The fraction of sp³-hybridized carbons (Fsp3) is 0.800. The second kappa shape index (κ2) is 5.42. The number of hydrogen-bond acceptors (Lipinski definition) is 5. The van der Waals surface area contributed by atoms with Gasteiger partial charge in [0.15, 0.2) is 0 Å². The van der Waals surface area contributed by atoms with Crippen molar-refractivity contribution in [2.75, 3.05) is 25.0 Å². The van der Waals surface area contributed by atoms with E-state index in [0.29, 0.717) is 6.04 Å². The highest BCUT2D eigenvalue weighted by Gasteiger charge is 2.18. The van der Waals surface area contributed by atoms with Gasteiger partial charge in [-0.2, -0.15) is 4.37 Å². The molecule has 0 saturated carbocycles. The Bertz CT molecular complexity index is 267. The first-order valence-electron chi connectivity index (χ1n) is 5.64. The Labute approximate surface area is 94.9 Å². The average molecular weight is 226 g/mol. The summed E-state index contributed by atoms with van der Waals surface area (Å²) >= 11 is 1.44. The minimum Gasteiger partial charge on any atom is -0.357 e. The van der Waals surface area contributed by atoms with E-state index in [4.69, 9.17) is 0 Å². The van der Waals surface area contributed by atoms with Gasteiger partial charge in [0.25, 0.3) is 0 Å². The Hall–Kier alpha value is -0.680. The molecular formula is C10H18N4S. The molecule has 1 aliphatic heterocycles. The summed E-state index contributed by atoms with van der Waals surface area (Å²) in [4.78, 5) is 6.69. The van der Waals surface area contributed by atoms with Crippen LogP contribution in [-0.2, 0) is 0 Å². The molecule has 1 aromatic heterocycles. The van der Waals surface area contributed by atoms with Crippen LogP contribution in [0.3, 0.4) is 0 Å². The van der Waals surface area contributed by atoms with Crippen LogP contribution in [0.2, 0.25) is 0 Å². The van der Waals surface area contributed by atoms with E-state index < -0.39 is 0 Å². The summed E-state index contributed by atoms with van der Waals surface area (Å²) < 4.78 is 3.99. The summed E-state index contributed by atoms with van der Waals surface area (Å²) in [5.41, 5.74) is 0. The van der Waals surface area contributed by atoms with Crippen molar-refractivity contribution in [3.63, 3.8) is 0 Å². The van der Waals surface area contributed by atoms with Crippen LogP contribution in [0.5, 0.6) is 0 Å². The van der Waals surface area contributed by atoms with Crippen LogP contribution in [0.4, 0.5) is 5.13 Å². The lowest BCUT2D eigenvalue weighted by Crippen LogP contribution is -2.39. The zero-order chi connectivity index (χ0) is 10.5. The van der Waals surface area contributed by atoms with E-state index in [0.717, 1.165) is 5.13 Å². The summed E-state index contributed by atoms with van der Waals surface area (Å²) in [5, 5.41) is 4.40. The number of hydrogen-bond donors (Lipinski definition) is 1. The number of likely N-dealkylation sites (tertiary alicyclic amines) is 1. The quantitative estimate of drug-likeness (QED) is 0.850. The molecule has 0 spiro atoms. The van der Waals surface area contributed by atoms with Crippen molar-refractivity contribution in [3.8, 4) is 0 Å². The second-order valence-corrected chi connectivity index (χ2v) is 4.79. The monoisotopic (exact) mass is 226 g/mol. The molecule has 2 heterocycles. The van der Waals surface area contributed by atoms with Crippen LogP contribution in [0.15, 0.2) is 6.33 Å². The first kappa shape index (κ1) is 10.8. The van der Waals surface area contributed by atoms with Crippen LogP contribution in [0, 0.1) is 0 Å². The number of nitrogens with zero attached hydrogens (tertiary/aromatic N) is 3. The van der Waals surface area contributed by atoms with Gasteiger partial charge >= 0.3 is 0 Å². The molecule has 0 amide bonds. The Kier molecular flexibility index (Phi) is 3.91. The molecule has 0 unspecified atom stereocenters. The Morgan fingerprint density at radius 1 is 1.53 bits per heavy atom. The molecule has 0 aromatic carbocycles. The van der Waals surface area contributed by atoms with Crippen LogP contribution in [0.1, 0.15) is 26.2 Å². The lowest BCUT2D eigenvalue weighted by Gasteiger charge is -2.31. The van der Waals surface area contributed by atoms with Gasteiger partial charge in [0, 0.05) is 30.7 Å². The lowest BCUT2D eigenvalue weighted by atomic mass is 10.1. The van der Waals surface area contributed by atoms with E-state index in [-0.39, 0.29) is 0 Å². The second-order valence-electron chi connectivity index (χ2n) is 4.01. The third kappa shape index (κ3) is 3.14. The van der Waals surface area contributed by atoms with Crippen molar-refractivity contribution in [2.24, 2.45) is 0 Å². The third-order valence-corrected chi connectivity index (χ3v) is 3.41.